The number of aryl methyl sites for hydroxylation is 1. The summed E-state index contributed by atoms with van der Waals surface area (Å²) in [5.74, 6) is -2.92. The second-order valence-corrected chi connectivity index (χ2v) is 16.9. The maximum atomic E-state index is 13.6. The SMILES string of the molecule is CCOC[C@@H]1C[C@@H](N2C(=O)C=CC2=O)CN1CC(=O)C[C@H](C(=O)N[C@@H](C)C(=O)Cc1ccc(COC(=O)C(C)(C)C)c(CC[C@@H]2OC[C@@H](O)[C@H](O)[C@H]2O)c1)C(C)C. The molecule has 4 N–H and O–H groups in total. The maximum absolute atomic E-state index is 13.6. The number of ketones is 2. The number of aliphatic hydroxyl groups is 3. The summed E-state index contributed by atoms with van der Waals surface area (Å²) >= 11 is 0. The lowest BCUT2D eigenvalue weighted by Crippen LogP contribution is -2.52. The Labute approximate surface area is 335 Å². The zero-order valence-corrected chi connectivity index (χ0v) is 34.3. The number of esters is 1. The standard InChI is InChI=1S/C42H61N3O12/c1-8-55-22-30-17-29(45-36(49)13-14-37(45)50)19-44(30)20-31(46)18-32(24(2)3)40(53)43-25(4)33(47)16-26-9-10-28(21-57-41(54)42(5,6)7)27(15-26)11-12-35-39(52)38(51)34(48)23-56-35/h9-10,13-15,24-25,29-30,32,34-35,38-39,48,51-52H,8,11-12,16-23H2,1-7H3,(H,43,53)/t25-,29+,30-,32-,34+,35-,38-,39-/m0/s1. The highest BCUT2D eigenvalue weighted by molar-refractivity contribution is 6.13. The summed E-state index contributed by atoms with van der Waals surface area (Å²) in [6, 6.07) is 3.89. The lowest BCUT2D eigenvalue weighted by molar-refractivity contribution is -0.188. The number of hydrogen-bond donors (Lipinski definition) is 4. The molecule has 0 aromatic heterocycles. The van der Waals surface area contributed by atoms with Crippen molar-refractivity contribution >= 4 is 35.3 Å². The Kier molecular flexibility index (Phi) is 16.3. The minimum Gasteiger partial charge on any atom is -0.460 e. The zero-order chi connectivity index (χ0) is 42.2. The number of ether oxygens (including phenoxy) is 3. The largest absolute Gasteiger partial charge is 0.460 e. The van der Waals surface area contributed by atoms with Crippen LogP contribution in [0.5, 0.6) is 0 Å². The third kappa shape index (κ3) is 12.3. The average molecular weight is 800 g/mol. The van der Waals surface area contributed by atoms with Gasteiger partial charge in [0.15, 0.2) is 5.78 Å². The fourth-order valence-corrected chi connectivity index (χ4v) is 7.40. The number of carbonyl (C=O) groups is 6. The normalized spacial score (nSPS) is 25.2. The Morgan fingerprint density at radius 3 is 2.32 bits per heavy atom. The van der Waals surface area contributed by atoms with Crippen molar-refractivity contribution in [2.45, 2.75) is 130 Å². The molecular formula is C42H61N3O12. The van der Waals surface area contributed by atoms with Gasteiger partial charge in [0.25, 0.3) is 11.8 Å². The average Bonchev–Trinajstić information content (AvgIpc) is 3.70. The Morgan fingerprint density at radius 2 is 1.68 bits per heavy atom. The summed E-state index contributed by atoms with van der Waals surface area (Å²) in [4.78, 5) is 81.0. The fourth-order valence-electron chi connectivity index (χ4n) is 7.40. The molecule has 2 fully saturated rings. The van der Waals surface area contributed by atoms with Gasteiger partial charge in [-0.15, -0.1) is 0 Å². The number of aliphatic hydroxyl groups excluding tert-OH is 3. The van der Waals surface area contributed by atoms with E-state index in [1.807, 2.05) is 31.7 Å². The molecule has 15 heteroatoms. The topological polar surface area (TPSA) is 209 Å². The molecule has 4 rings (SSSR count). The predicted octanol–water partition coefficient (Wildman–Crippen LogP) is 1.44. The highest BCUT2D eigenvalue weighted by Gasteiger charge is 2.42. The first-order valence-electron chi connectivity index (χ1n) is 20.0. The minimum absolute atomic E-state index is 0.0162. The first-order valence-corrected chi connectivity index (χ1v) is 20.0. The number of likely N-dealkylation sites (tertiary alicyclic amines) is 1. The van der Waals surface area contributed by atoms with Crippen LogP contribution in [0.2, 0.25) is 0 Å². The van der Waals surface area contributed by atoms with E-state index in [-0.39, 0.29) is 80.3 Å². The van der Waals surface area contributed by atoms with Gasteiger partial charge in [-0.3, -0.25) is 38.6 Å². The van der Waals surface area contributed by atoms with Crippen molar-refractivity contribution in [3.8, 4) is 0 Å². The number of imide groups is 1. The first-order chi connectivity index (χ1) is 26.8. The molecule has 0 radical (unpaired) electrons. The molecular weight excluding hydrogens is 738 g/mol. The lowest BCUT2D eigenvalue weighted by atomic mass is 9.89. The number of amides is 3. The van der Waals surface area contributed by atoms with Crippen LogP contribution < -0.4 is 5.32 Å². The molecule has 316 valence electrons. The third-order valence-corrected chi connectivity index (χ3v) is 11.0. The van der Waals surface area contributed by atoms with Crippen LogP contribution in [0.3, 0.4) is 0 Å². The van der Waals surface area contributed by atoms with E-state index in [1.54, 1.807) is 39.8 Å². The van der Waals surface area contributed by atoms with Gasteiger partial charge in [0, 0.05) is 50.1 Å². The molecule has 2 saturated heterocycles. The Morgan fingerprint density at radius 1 is 1.00 bits per heavy atom. The Balaban J connectivity index is 1.38. The highest BCUT2D eigenvalue weighted by Crippen LogP contribution is 2.27. The number of benzene rings is 1. The Hall–Kier alpha value is -3.86. The molecule has 0 bridgehead atoms. The second-order valence-electron chi connectivity index (χ2n) is 16.9. The highest BCUT2D eigenvalue weighted by atomic mass is 16.5. The van der Waals surface area contributed by atoms with Gasteiger partial charge in [0.1, 0.15) is 30.7 Å². The van der Waals surface area contributed by atoms with Gasteiger partial charge in [-0.1, -0.05) is 32.0 Å². The van der Waals surface area contributed by atoms with Gasteiger partial charge in [-0.25, -0.2) is 0 Å². The number of rotatable bonds is 19. The van der Waals surface area contributed by atoms with Gasteiger partial charge in [0.2, 0.25) is 5.91 Å². The monoisotopic (exact) mass is 799 g/mol. The van der Waals surface area contributed by atoms with E-state index >= 15 is 0 Å². The van der Waals surface area contributed by atoms with Crippen LogP contribution in [-0.4, -0.2) is 136 Å². The van der Waals surface area contributed by atoms with Crippen molar-refractivity contribution in [1.29, 1.82) is 0 Å². The van der Waals surface area contributed by atoms with Crippen molar-refractivity contribution < 1.29 is 58.3 Å². The van der Waals surface area contributed by atoms with E-state index in [4.69, 9.17) is 14.2 Å². The number of nitrogens with one attached hydrogen (secondary N) is 1. The minimum atomic E-state index is -1.35. The summed E-state index contributed by atoms with van der Waals surface area (Å²) in [5, 5.41) is 33.3. The van der Waals surface area contributed by atoms with Crippen LogP contribution >= 0.6 is 0 Å². The molecule has 0 unspecified atom stereocenters. The molecule has 15 nitrogen and oxygen atoms in total. The molecule has 8 atom stereocenters. The summed E-state index contributed by atoms with van der Waals surface area (Å²) < 4.78 is 16.8. The summed E-state index contributed by atoms with van der Waals surface area (Å²) in [5.41, 5.74) is 1.38. The molecule has 1 aromatic carbocycles. The first kappa shape index (κ1) is 45.8. The number of hydrogen-bond acceptors (Lipinski definition) is 13. The Bertz CT molecular complexity index is 1640. The van der Waals surface area contributed by atoms with Crippen LogP contribution in [-0.2, 0) is 62.4 Å². The number of Topliss-reactive ketones (excluding diaryl/α,β-unsaturated/α-hetero) is 2. The van der Waals surface area contributed by atoms with Crippen molar-refractivity contribution in [3.05, 3.63) is 47.0 Å². The predicted molar refractivity (Wildman–Crippen MR) is 207 cm³/mol. The fraction of sp³-hybridized carbons (Fsp3) is 0.667. The molecule has 3 heterocycles. The van der Waals surface area contributed by atoms with E-state index in [0.29, 0.717) is 43.7 Å². The van der Waals surface area contributed by atoms with Crippen LogP contribution in [0.4, 0.5) is 0 Å². The van der Waals surface area contributed by atoms with Crippen molar-refractivity contribution in [2.75, 3.05) is 32.9 Å². The van der Waals surface area contributed by atoms with Crippen LogP contribution in [0.15, 0.2) is 30.4 Å². The summed E-state index contributed by atoms with van der Waals surface area (Å²) in [6.07, 6.45) is -1.07. The van der Waals surface area contributed by atoms with Gasteiger partial charge in [-0.2, -0.15) is 0 Å². The number of nitrogens with zero attached hydrogens (tertiary/aromatic N) is 2. The summed E-state index contributed by atoms with van der Waals surface area (Å²) in [7, 11) is 0. The molecule has 0 saturated carbocycles. The van der Waals surface area contributed by atoms with Gasteiger partial charge in [-0.05, 0) is 76.5 Å². The molecule has 3 aliphatic rings. The molecule has 3 amide bonds. The van der Waals surface area contributed by atoms with Gasteiger partial charge in [0.05, 0.1) is 43.4 Å². The third-order valence-electron chi connectivity index (χ3n) is 11.0. The number of carbonyl (C=O) groups excluding carboxylic acids is 6. The van der Waals surface area contributed by atoms with E-state index < -0.39 is 53.7 Å². The van der Waals surface area contributed by atoms with Crippen molar-refractivity contribution in [2.24, 2.45) is 17.3 Å². The van der Waals surface area contributed by atoms with Crippen molar-refractivity contribution in [3.63, 3.8) is 0 Å². The second kappa shape index (κ2) is 20.2. The van der Waals surface area contributed by atoms with Gasteiger partial charge < -0.3 is 34.8 Å². The maximum Gasteiger partial charge on any atom is 0.311 e. The molecule has 0 spiro atoms. The van der Waals surface area contributed by atoms with E-state index in [0.717, 1.165) is 5.56 Å². The van der Waals surface area contributed by atoms with E-state index in [9.17, 15) is 44.1 Å². The van der Waals surface area contributed by atoms with Gasteiger partial charge >= 0.3 is 5.97 Å². The molecule has 0 aliphatic carbocycles. The molecule has 1 aromatic rings. The quantitative estimate of drug-likeness (QED) is 0.116. The van der Waals surface area contributed by atoms with Crippen LogP contribution in [0.1, 0.15) is 84.4 Å². The zero-order valence-electron chi connectivity index (χ0n) is 34.3. The van der Waals surface area contributed by atoms with Crippen LogP contribution in [0.25, 0.3) is 0 Å². The van der Waals surface area contributed by atoms with E-state index in [2.05, 4.69) is 5.32 Å². The summed E-state index contributed by atoms with van der Waals surface area (Å²) in [6.45, 7) is 13.4. The molecule has 3 aliphatic heterocycles. The van der Waals surface area contributed by atoms with Crippen molar-refractivity contribution in [1.82, 2.24) is 15.1 Å². The van der Waals surface area contributed by atoms with Crippen LogP contribution in [0, 0.1) is 17.3 Å². The lowest BCUT2D eigenvalue weighted by Gasteiger charge is -2.35. The smallest absolute Gasteiger partial charge is 0.311 e. The molecule has 57 heavy (non-hydrogen) atoms. The van der Waals surface area contributed by atoms with E-state index in [1.165, 1.54) is 17.1 Å².